The zero-order valence-electron chi connectivity index (χ0n) is 9.20. The Hall–Kier alpha value is -0.830. The summed E-state index contributed by atoms with van der Waals surface area (Å²) in [5.41, 5.74) is 0.934. The number of hydrogen-bond acceptors (Lipinski definition) is 3. The normalized spacial score (nSPS) is 21.8. The van der Waals surface area contributed by atoms with Gasteiger partial charge in [0.15, 0.2) is 0 Å². The van der Waals surface area contributed by atoms with Crippen LogP contribution in [0.4, 0.5) is 5.82 Å². The van der Waals surface area contributed by atoms with Crippen molar-refractivity contribution < 1.29 is 0 Å². The van der Waals surface area contributed by atoms with E-state index in [4.69, 9.17) is 11.6 Å². The highest BCUT2D eigenvalue weighted by Gasteiger charge is 2.18. The second-order valence-corrected chi connectivity index (χ2v) is 4.67. The molecule has 0 spiro atoms. The molecule has 0 saturated carbocycles. The SMILES string of the molecule is Cc1cc(N2CCCC(C)C2)nc(Cl)n1. The summed E-state index contributed by atoms with van der Waals surface area (Å²) in [6, 6.07) is 2.00. The Morgan fingerprint density at radius 3 is 2.93 bits per heavy atom. The number of halogens is 1. The lowest BCUT2D eigenvalue weighted by molar-refractivity contribution is 0.444. The zero-order valence-corrected chi connectivity index (χ0v) is 9.96. The molecule has 0 bridgehead atoms. The Morgan fingerprint density at radius 2 is 2.27 bits per heavy atom. The van der Waals surface area contributed by atoms with Crippen LogP contribution >= 0.6 is 11.6 Å². The van der Waals surface area contributed by atoms with E-state index in [2.05, 4.69) is 21.8 Å². The van der Waals surface area contributed by atoms with Gasteiger partial charge in [0.05, 0.1) is 0 Å². The van der Waals surface area contributed by atoms with E-state index in [9.17, 15) is 0 Å². The maximum atomic E-state index is 5.86. The average molecular weight is 226 g/mol. The van der Waals surface area contributed by atoms with Crippen LogP contribution in [0.1, 0.15) is 25.5 Å². The lowest BCUT2D eigenvalue weighted by Gasteiger charge is -2.31. The maximum absolute atomic E-state index is 5.86. The number of aromatic nitrogens is 2. The minimum absolute atomic E-state index is 0.350. The largest absolute Gasteiger partial charge is 0.356 e. The van der Waals surface area contributed by atoms with E-state index in [1.165, 1.54) is 12.8 Å². The van der Waals surface area contributed by atoms with Crippen molar-refractivity contribution in [3.8, 4) is 0 Å². The van der Waals surface area contributed by atoms with Gasteiger partial charge in [-0.25, -0.2) is 9.97 Å². The van der Waals surface area contributed by atoms with Crippen molar-refractivity contribution in [1.29, 1.82) is 0 Å². The predicted molar refractivity (Wildman–Crippen MR) is 62.4 cm³/mol. The average Bonchev–Trinajstić information content (AvgIpc) is 2.16. The molecule has 1 aromatic rings. The number of anilines is 1. The van der Waals surface area contributed by atoms with Crippen LogP contribution in [0, 0.1) is 12.8 Å². The first-order valence-corrected chi connectivity index (χ1v) is 5.79. The summed E-state index contributed by atoms with van der Waals surface area (Å²) in [7, 11) is 0. The first kappa shape index (κ1) is 10.7. The summed E-state index contributed by atoms with van der Waals surface area (Å²) >= 11 is 5.86. The Kier molecular flexibility index (Phi) is 3.10. The van der Waals surface area contributed by atoms with Gasteiger partial charge in [-0.15, -0.1) is 0 Å². The monoisotopic (exact) mass is 225 g/mol. The first-order valence-electron chi connectivity index (χ1n) is 5.41. The molecule has 0 aliphatic carbocycles. The van der Waals surface area contributed by atoms with Crippen LogP contribution in [-0.4, -0.2) is 23.1 Å². The van der Waals surface area contributed by atoms with Gasteiger partial charge >= 0.3 is 0 Å². The van der Waals surface area contributed by atoms with Crippen molar-refractivity contribution in [3.63, 3.8) is 0 Å². The fraction of sp³-hybridized carbons (Fsp3) is 0.636. The summed E-state index contributed by atoms with van der Waals surface area (Å²) < 4.78 is 0. The number of hydrogen-bond donors (Lipinski definition) is 0. The second kappa shape index (κ2) is 4.35. The Morgan fingerprint density at radius 1 is 1.47 bits per heavy atom. The molecule has 1 saturated heterocycles. The van der Waals surface area contributed by atoms with Gasteiger partial charge in [-0.1, -0.05) is 6.92 Å². The van der Waals surface area contributed by atoms with Gasteiger partial charge in [-0.3, -0.25) is 0 Å². The molecule has 1 aliphatic rings. The molecule has 82 valence electrons. The molecule has 0 amide bonds. The third-order valence-corrected chi connectivity index (χ3v) is 2.96. The summed E-state index contributed by atoms with van der Waals surface area (Å²) in [6.45, 7) is 6.39. The van der Waals surface area contributed by atoms with E-state index in [-0.39, 0.29) is 0 Å². The van der Waals surface area contributed by atoms with Crippen LogP contribution in [0.3, 0.4) is 0 Å². The van der Waals surface area contributed by atoms with Crippen LogP contribution in [0.5, 0.6) is 0 Å². The minimum Gasteiger partial charge on any atom is -0.356 e. The molecule has 1 aromatic heterocycles. The molecule has 1 atom stereocenters. The summed E-state index contributed by atoms with van der Waals surface area (Å²) in [5.74, 6) is 1.71. The molecule has 0 N–H and O–H groups in total. The van der Waals surface area contributed by atoms with Crippen LogP contribution in [0.15, 0.2) is 6.07 Å². The van der Waals surface area contributed by atoms with E-state index in [1.54, 1.807) is 0 Å². The van der Waals surface area contributed by atoms with Crippen LogP contribution in [0.2, 0.25) is 5.28 Å². The number of nitrogens with zero attached hydrogens (tertiary/aromatic N) is 3. The number of rotatable bonds is 1. The quantitative estimate of drug-likeness (QED) is 0.689. The summed E-state index contributed by atoms with van der Waals surface area (Å²) in [6.07, 6.45) is 2.55. The van der Waals surface area contributed by atoms with Gasteiger partial charge in [0.1, 0.15) is 5.82 Å². The molecule has 15 heavy (non-hydrogen) atoms. The molecule has 1 fully saturated rings. The molecule has 2 heterocycles. The predicted octanol–water partition coefficient (Wildman–Crippen LogP) is 2.67. The number of aryl methyl sites for hydroxylation is 1. The molecule has 2 rings (SSSR count). The first-order chi connectivity index (χ1) is 7.15. The van der Waals surface area contributed by atoms with Gasteiger partial charge in [-0.2, -0.15) is 0 Å². The third kappa shape index (κ3) is 2.59. The molecule has 0 radical (unpaired) electrons. The van der Waals surface area contributed by atoms with Gasteiger partial charge < -0.3 is 4.90 Å². The maximum Gasteiger partial charge on any atom is 0.224 e. The molecule has 1 aliphatic heterocycles. The van der Waals surface area contributed by atoms with Gasteiger partial charge in [0, 0.05) is 24.8 Å². The third-order valence-electron chi connectivity index (χ3n) is 2.79. The lowest BCUT2D eigenvalue weighted by atomic mass is 10.0. The number of piperidine rings is 1. The van der Waals surface area contributed by atoms with E-state index < -0.39 is 0 Å². The molecule has 1 unspecified atom stereocenters. The molecule has 3 nitrogen and oxygen atoms in total. The van der Waals surface area contributed by atoms with Gasteiger partial charge in [0.2, 0.25) is 5.28 Å². The van der Waals surface area contributed by atoms with E-state index in [1.807, 2.05) is 13.0 Å². The van der Waals surface area contributed by atoms with Crippen molar-refractivity contribution in [2.45, 2.75) is 26.7 Å². The van der Waals surface area contributed by atoms with Crippen molar-refractivity contribution in [3.05, 3.63) is 17.0 Å². The van der Waals surface area contributed by atoms with Crippen LogP contribution in [0.25, 0.3) is 0 Å². The standard InChI is InChI=1S/C11H16ClN3/c1-8-4-3-5-15(7-8)10-6-9(2)13-11(12)14-10/h6,8H,3-5,7H2,1-2H3. The topological polar surface area (TPSA) is 29.0 Å². The van der Waals surface area contributed by atoms with Gasteiger partial charge in [0.25, 0.3) is 0 Å². The molecular weight excluding hydrogens is 210 g/mol. The Balaban J connectivity index is 2.20. The van der Waals surface area contributed by atoms with Crippen molar-refractivity contribution in [2.24, 2.45) is 5.92 Å². The van der Waals surface area contributed by atoms with Gasteiger partial charge in [-0.05, 0) is 37.3 Å². The van der Waals surface area contributed by atoms with Crippen LogP contribution in [-0.2, 0) is 0 Å². The van der Waals surface area contributed by atoms with Crippen LogP contribution < -0.4 is 4.90 Å². The highest BCUT2D eigenvalue weighted by Crippen LogP contribution is 2.22. The fourth-order valence-electron chi connectivity index (χ4n) is 2.08. The molecule has 0 aromatic carbocycles. The second-order valence-electron chi connectivity index (χ2n) is 4.33. The molecule has 4 heteroatoms. The Bertz CT molecular complexity index is 333. The van der Waals surface area contributed by atoms with E-state index in [0.717, 1.165) is 30.5 Å². The summed E-state index contributed by atoms with van der Waals surface area (Å²) in [4.78, 5) is 10.6. The highest BCUT2D eigenvalue weighted by atomic mass is 35.5. The smallest absolute Gasteiger partial charge is 0.224 e. The Labute approximate surface area is 95.5 Å². The van der Waals surface area contributed by atoms with E-state index >= 15 is 0 Å². The lowest BCUT2D eigenvalue weighted by Crippen LogP contribution is -2.34. The van der Waals surface area contributed by atoms with Crippen molar-refractivity contribution >= 4 is 17.4 Å². The zero-order chi connectivity index (χ0) is 10.8. The summed E-state index contributed by atoms with van der Waals surface area (Å²) in [5, 5.41) is 0.350. The van der Waals surface area contributed by atoms with Crippen molar-refractivity contribution in [1.82, 2.24) is 9.97 Å². The molecular formula is C11H16ClN3. The highest BCUT2D eigenvalue weighted by molar-refractivity contribution is 6.28. The van der Waals surface area contributed by atoms with E-state index in [0.29, 0.717) is 5.28 Å². The minimum atomic E-state index is 0.350. The fourth-order valence-corrected chi connectivity index (χ4v) is 2.30. The van der Waals surface area contributed by atoms with Crippen molar-refractivity contribution in [2.75, 3.05) is 18.0 Å².